The molecule has 2 rings (SSSR count). The standard InChI is InChI=1S/C10H9Cl4N2O3PS2/c1-2-17-20(15-9(11)21-13,16-10(12)22-14)18-7-5-3-4-6-8(7)19-20/h3-6H,2H2,1H3/b15-9+,16-10+. The fourth-order valence-corrected chi connectivity index (χ4v) is 6.47. The van der Waals surface area contributed by atoms with Gasteiger partial charge in [-0.1, -0.05) is 0 Å². The van der Waals surface area contributed by atoms with Gasteiger partial charge >= 0.3 is 156 Å². The van der Waals surface area contributed by atoms with Crippen molar-refractivity contribution in [2.45, 2.75) is 6.92 Å². The number of halogens is 4. The molecular weight excluding hydrogens is 433 g/mol. The number of benzene rings is 1. The van der Waals surface area contributed by atoms with E-state index in [-0.39, 0.29) is 15.6 Å². The van der Waals surface area contributed by atoms with Crippen LogP contribution < -0.4 is 9.05 Å². The fourth-order valence-electron chi connectivity index (χ4n) is 1.69. The first-order valence-corrected chi connectivity index (χ1v) is 11.7. The van der Waals surface area contributed by atoms with Crippen LogP contribution in [0.5, 0.6) is 11.5 Å². The van der Waals surface area contributed by atoms with Gasteiger partial charge in [0.2, 0.25) is 0 Å². The first kappa shape index (κ1) is 18.7. The van der Waals surface area contributed by atoms with E-state index in [1.165, 1.54) is 0 Å². The molecule has 1 heterocycles. The van der Waals surface area contributed by atoms with E-state index in [0.717, 1.165) is 0 Å². The third kappa shape index (κ3) is 3.90. The molecule has 22 heavy (non-hydrogen) atoms. The van der Waals surface area contributed by atoms with Crippen molar-refractivity contribution >= 4 is 83.1 Å². The molecule has 0 aromatic heterocycles. The van der Waals surface area contributed by atoms with E-state index in [1.54, 1.807) is 31.2 Å². The molecule has 1 aliphatic rings. The summed E-state index contributed by atoms with van der Waals surface area (Å²) in [4.78, 5) is 0. The van der Waals surface area contributed by atoms with Crippen LogP contribution in [0.1, 0.15) is 6.92 Å². The fraction of sp³-hybridized carbons (Fsp3) is 0.200. The number of hydrogen-bond donors (Lipinski definition) is 0. The van der Waals surface area contributed by atoms with Crippen molar-refractivity contribution in [3.63, 3.8) is 0 Å². The topological polar surface area (TPSA) is 52.4 Å². The normalized spacial score (nSPS) is 21.2. The zero-order valence-electron chi connectivity index (χ0n) is 10.9. The SMILES string of the molecule is CCOP1(/N=C(\Cl)SCl)(/N=C(\Cl)SCl)Oc2ccccc2O1. The molecular formula is C10H9Cl4N2O3PS2. The summed E-state index contributed by atoms with van der Waals surface area (Å²) in [7, 11) is 8.17. The molecule has 0 saturated heterocycles. The predicted molar refractivity (Wildman–Crippen MR) is 99.7 cm³/mol. The third-order valence-electron chi connectivity index (χ3n) is 2.33. The van der Waals surface area contributed by atoms with Crippen LogP contribution in [0.25, 0.3) is 0 Å². The third-order valence-corrected chi connectivity index (χ3v) is 8.04. The second-order valence-corrected chi connectivity index (χ2v) is 9.51. The van der Waals surface area contributed by atoms with Crippen LogP contribution in [0.2, 0.25) is 0 Å². The van der Waals surface area contributed by atoms with Crippen molar-refractivity contribution in [1.29, 1.82) is 0 Å². The van der Waals surface area contributed by atoms with Crippen molar-refractivity contribution in [1.82, 2.24) is 0 Å². The van der Waals surface area contributed by atoms with Crippen LogP contribution in [0, 0.1) is 0 Å². The molecule has 0 bridgehead atoms. The molecule has 5 nitrogen and oxygen atoms in total. The van der Waals surface area contributed by atoms with Crippen LogP contribution in [0.15, 0.2) is 33.8 Å². The van der Waals surface area contributed by atoms with Crippen molar-refractivity contribution < 1.29 is 13.6 Å². The number of rotatable bonds is 4. The average molecular weight is 442 g/mol. The molecule has 1 aromatic carbocycles. The zero-order chi connectivity index (χ0) is 16.2. The summed E-state index contributed by atoms with van der Waals surface area (Å²) in [6.07, 6.45) is 0. The molecule has 0 amide bonds. The van der Waals surface area contributed by atoms with Crippen LogP contribution in [-0.4, -0.2) is 15.6 Å². The van der Waals surface area contributed by atoms with Gasteiger partial charge in [0, 0.05) is 0 Å². The van der Waals surface area contributed by atoms with E-state index >= 15 is 0 Å². The van der Waals surface area contributed by atoms with Crippen LogP contribution in [0.4, 0.5) is 0 Å². The Kier molecular flexibility index (Phi) is 6.42. The Balaban J connectivity index is 2.64. The summed E-state index contributed by atoms with van der Waals surface area (Å²) in [6, 6.07) is 6.93. The number of fused-ring (bicyclic) bond motifs is 1. The first-order chi connectivity index (χ1) is 10.5. The van der Waals surface area contributed by atoms with E-state index in [2.05, 4.69) is 9.53 Å². The van der Waals surface area contributed by atoms with E-state index < -0.39 is 7.59 Å². The predicted octanol–water partition coefficient (Wildman–Crippen LogP) is 6.59. The monoisotopic (exact) mass is 440 g/mol. The Morgan fingerprint density at radius 1 is 1.09 bits per heavy atom. The molecule has 0 radical (unpaired) electrons. The van der Waals surface area contributed by atoms with Gasteiger partial charge in [-0.2, -0.15) is 0 Å². The molecule has 0 saturated carbocycles. The number of hydrogen-bond acceptors (Lipinski definition) is 7. The molecule has 122 valence electrons. The molecule has 1 aliphatic heterocycles. The van der Waals surface area contributed by atoms with Crippen LogP contribution in [0.3, 0.4) is 0 Å². The Morgan fingerprint density at radius 2 is 1.55 bits per heavy atom. The van der Waals surface area contributed by atoms with Gasteiger partial charge in [-0.05, 0) is 0 Å². The van der Waals surface area contributed by atoms with Crippen molar-refractivity contribution in [3.8, 4) is 11.5 Å². The second-order valence-electron chi connectivity index (χ2n) is 3.71. The van der Waals surface area contributed by atoms with E-state index in [0.29, 0.717) is 33.4 Å². The Bertz CT molecular complexity index is 585. The van der Waals surface area contributed by atoms with Gasteiger partial charge in [-0.15, -0.1) is 0 Å². The number of para-hydroxylation sites is 2. The maximum absolute atomic E-state index is 5.95. The molecule has 0 N–H and O–H groups in total. The van der Waals surface area contributed by atoms with Gasteiger partial charge < -0.3 is 0 Å². The van der Waals surface area contributed by atoms with Crippen molar-refractivity contribution in [2.75, 3.05) is 6.61 Å². The molecule has 0 spiro atoms. The summed E-state index contributed by atoms with van der Waals surface area (Å²) >= 11 is 11.9. The quantitative estimate of drug-likeness (QED) is 0.299. The Labute approximate surface area is 155 Å². The van der Waals surface area contributed by atoms with Crippen LogP contribution in [-0.2, 0) is 4.52 Å². The second kappa shape index (κ2) is 7.53. The minimum atomic E-state index is -4.45. The van der Waals surface area contributed by atoms with Crippen LogP contribution >= 0.6 is 74.1 Å². The van der Waals surface area contributed by atoms with E-state index in [4.69, 9.17) is 58.1 Å². The van der Waals surface area contributed by atoms with Gasteiger partial charge in [0.05, 0.1) is 0 Å². The zero-order valence-corrected chi connectivity index (χ0v) is 16.5. The molecule has 1 aromatic rings. The Hall–Kier alpha value is 0.410. The maximum atomic E-state index is 5.95. The minimum absolute atomic E-state index is 0.0617. The molecule has 12 heteroatoms. The van der Waals surface area contributed by atoms with Gasteiger partial charge in [-0.3, -0.25) is 0 Å². The van der Waals surface area contributed by atoms with Gasteiger partial charge in [0.25, 0.3) is 0 Å². The van der Waals surface area contributed by atoms with Crippen molar-refractivity contribution in [2.24, 2.45) is 9.53 Å². The summed E-state index contributed by atoms with van der Waals surface area (Å²) in [5, 5.41) is 0. The van der Waals surface area contributed by atoms with Gasteiger partial charge in [0.15, 0.2) is 0 Å². The van der Waals surface area contributed by atoms with Crippen molar-refractivity contribution in [3.05, 3.63) is 24.3 Å². The first-order valence-electron chi connectivity index (χ1n) is 5.72. The average Bonchev–Trinajstić information content (AvgIpc) is 2.81. The van der Waals surface area contributed by atoms with E-state index in [9.17, 15) is 0 Å². The molecule has 0 fully saturated rings. The Morgan fingerprint density at radius 3 is 1.91 bits per heavy atom. The summed E-state index contributed by atoms with van der Waals surface area (Å²) in [5.74, 6) is 0.823. The molecule has 0 unspecified atom stereocenters. The molecule has 0 aliphatic carbocycles. The van der Waals surface area contributed by atoms with E-state index in [1.807, 2.05) is 0 Å². The molecule has 0 atom stereocenters. The van der Waals surface area contributed by atoms with Gasteiger partial charge in [0.1, 0.15) is 0 Å². The van der Waals surface area contributed by atoms with Gasteiger partial charge in [-0.25, -0.2) is 0 Å². The number of nitrogens with zero attached hydrogens (tertiary/aromatic N) is 2. The summed E-state index contributed by atoms with van der Waals surface area (Å²) < 4.78 is 25.7. The summed E-state index contributed by atoms with van der Waals surface area (Å²) in [5.41, 5.74) is 0. The summed E-state index contributed by atoms with van der Waals surface area (Å²) in [6.45, 7) is 1.92.